The number of likely N-dealkylation sites (N-methyl/N-ethyl adjacent to an activating group) is 1. The van der Waals surface area contributed by atoms with Crippen LogP contribution < -0.4 is 5.73 Å². The molecule has 16 heavy (non-hydrogen) atoms. The summed E-state index contributed by atoms with van der Waals surface area (Å²) in [6, 6.07) is 3.53. The minimum absolute atomic E-state index is 0.175. The SMILES string of the molecule is CN(CCN)C1CCc2c(F)cc(Cl)cc21. The Morgan fingerprint density at radius 1 is 1.56 bits per heavy atom. The molecule has 0 saturated heterocycles. The smallest absolute Gasteiger partial charge is 0.128 e. The number of hydrogen-bond donors (Lipinski definition) is 1. The van der Waals surface area contributed by atoms with E-state index in [0.29, 0.717) is 11.6 Å². The molecule has 0 radical (unpaired) electrons. The van der Waals surface area contributed by atoms with Crippen LogP contribution in [0.2, 0.25) is 5.02 Å². The van der Waals surface area contributed by atoms with Gasteiger partial charge in [0.15, 0.2) is 0 Å². The van der Waals surface area contributed by atoms with Crippen LogP contribution in [-0.4, -0.2) is 25.0 Å². The molecular formula is C12H16ClFN2. The summed E-state index contributed by atoms with van der Waals surface area (Å²) >= 11 is 5.89. The molecule has 2 N–H and O–H groups in total. The van der Waals surface area contributed by atoms with E-state index in [1.165, 1.54) is 6.07 Å². The Balaban J connectivity index is 2.31. The molecule has 0 fully saturated rings. The monoisotopic (exact) mass is 242 g/mol. The van der Waals surface area contributed by atoms with Gasteiger partial charge in [-0.15, -0.1) is 0 Å². The van der Waals surface area contributed by atoms with E-state index in [4.69, 9.17) is 17.3 Å². The first kappa shape index (κ1) is 11.8. The highest BCUT2D eigenvalue weighted by atomic mass is 35.5. The van der Waals surface area contributed by atoms with Gasteiger partial charge < -0.3 is 5.73 Å². The summed E-state index contributed by atoms with van der Waals surface area (Å²) in [4.78, 5) is 2.17. The fraction of sp³-hybridized carbons (Fsp3) is 0.500. The van der Waals surface area contributed by atoms with Crippen LogP contribution in [0, 0.1) is 5.82 Å². The Morgan fingerprint density at radius 2 is 2.31 bits per heavy atom. The molecule has 4 heteroatoms. The van der Waals surface area contributed by atoms with Crippen LogP contribution in [0.4, 0.5) is 4.39 Å². The average molecular weight is 243 g/mol. The Hall–Kier alpha value is -0.640. The lowest BCUT2D eigenvalue weighted by atomic mass is 10.1. The first-order chi connectivity index (χ1) is 7.63. The number of halogens is 2. The van der Waals surface area contributed by atoms with Crippen LogP contribution >= 0.6 is 11.6 Å². The van der Waals surface area contributed by atoms with Crippen LogP contribution in [-0.2, 0) is 6.42 Å². The van der Waals surface area contributed by atoms with Crippen molar-refractivity contribution in [3.05, 3.63) is 34.1 Å². The molecular weight excluding hydrogens is 227 g/mol. The predicted molar refractivity (Wildman–Crippen MR) is 64.2 cm³/mol. The van der Waals surface area contributed by atoms with E-state index < -0.39 is 0 Å². The van der Waals surface area contributed by atoms with E-state index in [2.05, 4.69) is 4.90 Å². The molecule has 2 rings (SSSR count). The standard InChI is InChI=1S/C12H16ClFN2/c1-16(5-4-15)12-3-2-9-10(12)6-8(13)7-11(9)14/h6-7,12H,2-5,15H2,1H3. The van der Waals surface area contributed by atoms with Crippen molar-refractivity contribution in [1.29, 1.82) is 0 Å². The third-order valence-electron chi connectivity index (χ3n) is 3.24. The zero-order valence-corrected chi connectivity index (χ0v) is 10.1. The third-order valence-corrected chi connectivity index (χ3v) is 3.45. The zero-order valence-electron chi connectivity index (χ0n) is 9.34. The molecule has 0 saturated carbocycles. The molecule has 0 spiro atoms. The summed E-state index contributed by atoms with van der Waals surface area (Å²) in [5.41, 5.74) is 7.38. The van der Waals surface area contributed by atoms with E-state index in [0.717, 1.165) is 30.5 Å². The third kappa shape index (κ3) is 2.08. The van der Waals surface area contributed by atoms with Gasteiger partial charge in [0.2, 0.25) is 0 Å². The number of nitrogens with zero attached hydrogens (tertiary/aromatic N) is 1. The normalized spacial score (nSPS) is 19.2. The molecule has 1 aromatic rings. The van der Waals surface area contributed by atoms with Crippen molar-refractivity contribution in [2.24, 2.45) is 5.73 Å². The maximum atomic E-state index is 13.6. The van der Waals surface area contributed by atoms with Crippen molar-refractivity contribution >= 4 is 11.6 Å². The molecule has 0 aliphatic heterocycles. The Morgan fingerprint density at radius 3 is 3.00 bits per heavy atom. The van der Waals surface area contributed by atoms with Crippen LogP contribution in [0.1, 0.15) is 23.6 Å². The van der Waals surface area contributed by atoms with Crippen molar-refractivity contribution in [3.8, 4) is 0 Å². The topological polar surface area (TPSA) is 29.3 Å². The molecule has 1 aromatic carbocycles. The first-order valence-electron chi connectivity index (χ1n) is 5.51. The van der Waals surface area contributed by atoms with Gasteiger partial charge in [0.25, 0.3) is 0 Å². The summed E-state index contributed by atoms with van der Waals surface area (Å²) in [6.45, 7) is 1.43. The molecule has 1 atom stereocenters. The van der Waals surface area contributed by atoms with Gasteiger partial charge in [-0.05, 0) is 43.1 Å². The van der Waals surface area contributed by atoms with Crippen molar-refractivity contribution < 1.29 is 4.39 Å². The van der Waals surface area contributed by atoms with Crippen LogP contribution in [0.25, 0.3) is 0 Å². The number of hydrogen-bond acceptors (Lipinski definition) is 2. The number of nitrogens with two attached hydrogens (primary N) is 1. The summed E-state index contributed by atoms with van der Waals surface area (Å²) in [5.74, 6) is -0.175. The molecule has 0 heterocycles. The fourth-order valence-corrected chi connectivity index (χ4v) is 2.65. The highest BCUT2D eigenvalue weighted by Crippen LogP contribution is 2.37. The lowest BCUT2D eigenvalue weighted by molar-refractivity contribution is 0.251. The van der Waals surface area contributed by atoms with Crippen LogP contribution in [0.3, 0.4) is 0 Å². The van der Waals surface area contributed by atoms with Crippen LogP contribution in [0.5, 0.6) is 0 Å². The minimum Gasteiger partial charge on any atom is -0.329 e. The van der Waals surface area contributed by atoms with Gasteiger partial charge in [-0.2, -0.15) is 0 Å². The van der Waals surface area contributed by atoms with Crippen molar-refractivity contribution in [3.63, 3.8) is 0 Å². The lowest BCUT2D eigenvalue weighted by Crippen LogP contribution is -2.28. The van der Waals surface area contributed by atoms with Gasteiger partial charge >= 0.3 is 0 Å². The highest BCUT2D eigenvalue weighted by Gasteiger charge is 2.28. The van der Waals surface area contributed by atoms with E-state index in [-0.39, 0.29) is 11.9 Å². The van der Waals surface area contributed by atoms with Crippen molar-refractivity contribution in [1.82, 2.24) is 4.90 Å². The van der Waals surface area contributed by atoms with Crippen molar-refractivity contribution in [2.75, 3.05) is 20.1 Å². The van der Waals surface area contributed by atoms with E-state index in [1.807, 2.05) is 13.1 Å². The van der Waals surface area contributed by atoms with Crippen molar-refractivity contribution in [2.45, 2.75) is 18.9 Å². The minimum atomic E-state index is -0.175. The predicted octanol–water partition coefficient (Wildman–Crippen LogP) is 2.36. The Labute approximate surface area is 100 Å². The fourth-order valence-electron chi connectivity index (χ4n) is 2.44. The molecule has 1 aliphatic carbocycles. The van der Waals surface area contributed by atoms with Gasteiger partial charge in [0.05, 0.1) is 0 Å². The first-order valence-corrected chi connectivity index (χ1v) is 5.89. The number of rotatable bonds is 3. The van der Waals surface area contributed by atoms with Gasteiger partial charge in [-0.25, -0.2) is 4.39 Å². The second-order valence-corrected chi connectivity index (χ2v) is 4.72. The summed E-state index contributed by atoms with van der Waals surface area (Å²) in [5, 5.41) is 0.476. The molecule has 0 amide bonds. The van der Waals surface area contributed by atoms with Gasteiger partial charge in [0.1, 0.15) is 5.82 Å². The van der Waals surface area contributed by atoms with Gasteiger partial charge in [-0.3, -0.25) is 4.90 Å². The molecule has 0 bridgehead atoms. The van der Waals surface area contributed by atoms with Gasteiger partial charge in [-0.1, -0.05) is 11.6 Å². The summed E-state index contributed by atoms with van der Waals surface area (Å²) in [7, 11) is 2.02. The second-order valence-electron chi connectivity index (χ2n) is 4.28. The van der Waals surface area contributed by atoms with Crippen LogP contribution in [0.15, 0.2) is 12.1 Å². The molecule has 1 unspecified atom stereocenters. The largest absolute Gasteiger partial charge is 0.329 e. The van der Waals surface area contributed by atoms with Gasteiger partial charge in [0, 0.05) is 24.2 Å². The average Bonchev–Trinajstić information content (AvgIpc) is 2.61. The maximum Gasteiger partial charge on any atom is 0.128 e. The number of benzene rings is 1. The highest BCUT2D eigenvalue weighted by molar-refractivity contribution is 6.30. The Kier molecular flexibility index (Phi) is 3.47. The zero-order chi connectivity index (χ0) is 11.7. The number of fused-ring (bicyclic) bond motifs is 1. The molecule has 0 aromatic heterocycles. The molecule has 1 aliphatic rings. The molecule has 2 nitrogen and oxygen atoms in total. The summed E-state index contributed by atoms with van der Waals surface area (Å²) < 4.78 is 13.6. The Bertz CT molecular complexity index is 395. The summed E-state index contributed by atoms with van der Waals surface area (Å²) in [6.07, 6.45) is 1.74. The van der Waals surface area contributed by atoms with E-state index in [1.54, 1.807) is 0 Å². The quantitative estimate of drug-likeness (QED) is 0.882. The van der Waals surface area contributed by atoms with E-state index in [9.17, 15) is 4.39 Å². The molecule has 88 valence electrons. The second kappa shape index (κ2) is 4.70. The lowest BCUT2D eigenvalue weighted by Gasteiger charge is -2.24. The maximum absolute atomic E-state index is 13.6. The van der Waals surface area contributed by atoms with E-state index >= 15 is 0 Å².